The van der Waals surface area contributed by atoms with Crippen molar-refractivity contribution in [2.75, 3.05) is 42.3 Å². The molecule has 0 atom stereocenters. The van der Waals surface area contributed by atoms with Gasteiger partial charge in [-0.2, -0.15) is 0 Å². The number of rotatable bonds is 54. The van der Waals surface area contributed by atoms with Crippen LogP contribution in [0.1, 0.15) is 346 Å². The second-order valence-electron chi connectivity index (χ2n) is 24.3. The van der Waals surface area contributed by atoms with Crippen LogP contribution in [0.3, 0.4) is 0 Å². The van der Waals surface area contributed by atoms with Crippen LogP contribution in [0, 0.1) is 0 Å². The molecule has 468 valence electrons. The number of phenols is 1. The van der Waals surface area contributed by atoms with Crippen molar-refractivity contribution in [3.8, 4) is 5.75 Å². The van der Waals surface area contributed by atoms with Gasteiger partial charge in [0.2, 0.25) is 0 Å². The Morgan fingerprint density at radius 1 is 0.291 bits per heavy atom. The van der Waals surface area contributed by atoms with Crippen LogP contribution in [-0.4, -0.2) is 95.3 Å². The topological polar surface area (TPSA) is 142 Å². The molecule has 10 nitrogen and oxygen atoms in total. The molecule has 79 heavy (non-hydrogen) atoms. The highest BCUT2D eigenvalue weighted by molar-refractivity contribution is 5.67. The number of phenolic OH excluding ortho intramolecular Hbond substituents is 1. The van der Waals surface area contributed by atoms with Crippen molar-refractivity contribution in [2.45, 2.75) is 349 Å². The van der Waals surface area contributed by atoms with Crippen LogP contribution in [0.4, 0.5) is 0 Å². The molecule has 0 radical (unpaired) electrons. The van der Waals surface area contributed by atoms with Crippen molar-refractivity contribution < 1.29 is 34.8 Å². The van der Waals surface area contributed by atoms with Gasteiger partial charge in [0, 0.05) is 50.0 Å². The molecular formula is C69H135N3O7. The van der Waals surface area contributed by atoms with Crippen molar-refractivity contribution >= 4 is 17.9 Å². The van der Waals surface area contributed by atoms with E-state index in [0.717, 1.165) is 69.3 Å². The normalized spacial score (nSPS) is 11.1. The molecule has 0 fully saturated rings. The minimum atomic E-state index is -0.653. The Labute approximate surface area is 490 Å². The first-order chi connectivity index (χ1) is 38.1. The molecule has 0 spiro atoms. The molecule has 0 aliphatic carbocycles. The summed E-state index contributed by atoms with van der Waals surface area (Å²) in [6, 6.07) is 4.21. The maximum Gasteiger partial charge on any atom is 0.303 e. The molecule has 0 amide bonds. The van der Waals surface area contributed by atoms with E-state index >= 15 is 0 Å². The number of hydrogen-bond donors (Lipinski definition) is 4. The number of carboxylic acids is 3. The smallest absolute Gasteiger partial charge is 0.303 e. The first-order valence-corrected chi connectivity index (χ1v) is 33.5. The first-order valence-electron chi connectivity index (χ1n) is 33.5. The number of aromatic hydroxyl groups is 1. The second-order valence-corrected chi connectivity index (χ2v) is 24.3. The number of aliphatic carboxylic acids is 3. The third-order valence-corrected chi connectivity index (χ3v) is 14.8. The van der Waals surface area contributed by atoms with Gasteiger partial charge >= 0.3 is 17.9 Å². The highest BCUT2D eigenvalue weighted by Gasteiger charge is 2.12. The van der Waals surface area contributed by atoms with Crippen LogP contribution >= 0.6 is 0 Å². The number of hydrogen-bond acceptors (Lipinski definition) is 7. The molecule has 0 heterocycles. The Kier molecular flexibility index (Phi) is 65.7. The van der Waals surface area contributed by atoms with E-state index in [0.29, 0.717) is 25.0 Å². The van der Waals surface area contributed by atoms with Crippen LogP contribution in [-0.2, 0) is 34.0 Å². The third-order valence-electron chi connectivity index (χ3n) is 14.8. The van der Waals surface area contributed by atoms with Gasteiger partial charge in [0.25, 0.3) is 0 Å². The third kappa shape index (κ3) is 69.5. The standard InChI is InChI=1S/3C18H36O2.C15H27N3O/c3*1-2-3-4-5-6-7-8-9-10-11-12-13-14-15-16-17-18(19)20;1-16(2)9-12-7-13(10-17(3)4)15(19)14(8-12)11-18(5)6/h3*2-17H2,1H3,(H,19,20);7-8,19H,9-11H2,1-6H3. The predicted molar refractivity (Wildman–Crippen MR) is 342 cm³/mol. The molecule has 0 unspecified atom stereocenters. The van der Waals surface area contributed by atoms with Crippen LogP contribution in [0.5, 0.6) is 5.75 Å². The molecule has 1 rings (SSSR count). The summed E-state index contributed by atoms with van der Waals surface area (Å²) < 4.78 is 0. The fraction of sp³-hybridized carbons (Fsp3) is 0.870. The van der Waals surface area contributed by atoms with Gasteiger partial charge in [0.05, 0.1) is 0 Å². The molecule has 1 aromatic rings. The minimum absolute atomic E-state index is 0.345. The molecule has 0 saturated heterocycles. The van der Waals surface area contributed by atoms with Gasteiger partial charge in [-0.25, -0.2) is 0 Å². The lowest BCUT2D eigenvalue weighted by Gasteiger charge is -2.19. The van der Waals surface area contributed by atoms with Gasteiger partial charge < -0.3 is 35.1 Å². The summed E-state index contributed by atoms with van der Waals surface area (Å²) in [6.07, 6.45) is 60.6. The Morgan fingerprint density at radius 2 is 0.456 bits per heavy atom. The molecule has 0 aliphatic rings. The molecule has 4 N–H and O–H groups in total. The Morgan fingerprint density at radius 3 is 0.608 bits per heavy atom. The Hall–Kier alpha value is -2.69. The molecule has 0 aliphatic heterocycles. The zero-order valence-electron chi connectivity index (χ0n) is 54.1. The number of carbonyl (C=O) groups is 3. The number of nitrogens with zero attached hydrogens (tertiary/aromatic N) is 3. The summed E-state index contributed by atoms with van der Waals surface area (Å²) in [5.41, 5.74) is 3.25. The summed E-state index contributed by atoms with van der Waals surface area (Å²) in [5.74, 6) is -1.52. The molecule has 0 bridgehead atoms. The van der Waals surface area contributed by atoms with Gasteiger partial charge in [0.15, 0.2) is 0 Å². The van der Waals surface area contributed by atoms with Crippen molar-refractivity contribution in [1.82, 2.24) is 14.7 Å². The van der Waals surface area contributed by atoms with Crippen molar-refractivity contribution in [3.05, 3.63) is 28.8 Å². The summed E-state index contributed by atoms with van der Waals surface area (Å²) in [6.45, 7) is 9.21. The Balaban J connectivity index is -0.000000975. The SMILES string of the molecule is CCCCCCCCCCCCCCCCCC(=O)O.CCCCCCCCCCCCCCCCCC(=O)O.CCCCCCCCCCCCCCCCCC(=O)O.CN(C)Cc1cc(CN(C)C)c(O)c(CN(C)C)c1. The fourth-order valence-electron chi connectivity index (χ4n) is 10.2. The van der Waals surface area contributed by atoms with Crippen molar-refractivity contribution in [3.63, 3.8) is 0 Å². The number of unbranched alkanes of at least 4 members (excludes halogenated alkanes) is 42. The maximum atomic E-state index is 10.4. The molecule has 0 saturated carbocycles. The average molecular weight is 1120 g/mol. The lowest BCUT2D eigenvalue weighted by Crippen LogP contribution is -2.16. The van der Waals surface area contributed by atoms with E-state index in [1.165, 1.54) is 256 Å². The van der Waals surface area contributed by atoms with Gasteiger partial charge in [-0.05, 0) is 79.2 Å². The monoisotopic (exact) mass is 1120 g/mol. The van der Waals surface area contributed by atoms with E-state index in [-0.39, 0.29) is 0 Å². The average Bonchev–Trinajstić information content (AvgIpc) is 3.39. The van der Waals surface area contributed by atoms with Crippen molar-refractivity contribution in [2.24, 2.45) is 0 Å². The van der Waals surface area contributed by atoms with Crippen molar-refractivity contribution in [1.29, 1.82) is 0 Å². The van der Waals surface area contributed by atoms with Gasteiger partial charge in [-0.1, -0.05) is 290 Å². The largest absolute Gasteiger partial charge is 0.507 e. The van der Waals surface area contributed by atoms with Crippen LogP contribution < -0.4 is 0 Å². The van der Waals surface area contributed by atoms with E-state index in [4.69, 9.17) is 15.3 Å². The highest BCUT2D eigenvalue weighted by atomic mass is 16.4. The van der Waals surface area contributed by atoms with Gasteiger partial charge in [0.1, 0.15) is 5.75 Å². The Bertz CT molecular complexity index is 1300. The van der Waals surface area contributed by atoms with E-state index in [1.807, 2.05) is 28.2 Å². The minimum Gasteiger partial charge on any atom is -0.507 e. The zero-order valence-corrected chi connectivity index (χ0v) is 54.1. The van der Waals surface area contributed by atoms with Crippen LogP contribution in [0.2, 0.25) is 0 Å². The van der Waals surface area contributed by atoms with E-state index in [2.05, 4.69) is 61.7 Å². The first kappa shape index (κ1) is 80.5. The second kappa shape index (κ2) is 64.5. The summed E-state index contributed by atoms with van der Waals surface area (Å²) in [7, 11) is 12.2. The van der Waals surface area contributed by atoms with Gasteiger partial charge in [-0.15, -0.1) is 0 Å². The van der Waals surface area contributed by atoms with E-state index < -0.39 is 17.9 Å². The van der Waals surface area contributed by atoms with E-state index in [1.54, 1.807) is 0 Å². The summed E-state index contributed by atoms with van der Waals surface area (Å²) in [4.78, 5) is 37.3. The molecule has 10 heteroatoms. The number of carboxylic acid groups (broad SMARTS) is 3. The highest BCUT2D eigenvalue weighted by Crippen LogP contribution is 2.27. The lowest BCUT2D eigenvalue weighted by atomic mass is 10.0. The van der Waals surface area contributed by atoms with Crippen LogP contribution in [0.25, 0.3) is 0 Å². The maximum absolute atomic E-state index is 10.4. The lowest BCUT2D eigenvalue weighted by molar-refractivity contribution is -0.138. The van der Waals surface area contributed by atoms with Gasteiger partial charge in [-0.3, -0.25) is 14.4 Å². The molecule has 1 aromatic carbocycles. The summed E-state index contributed by atoms with van der Waals surface area (Å²) >= 11 is 0. The molecular weight excluding hydrogens is 983 g/mol. The predicted octanol–water partition coefficient (Wildman–Crippen LogP) is 20.6. The quantitative estimate of drug-likeness (QED) is 0.0466. The number of benzene rings is 1. The van der Waals surface area contributed by atoms with Crippen LogP contribution in [0.15, 0.2) is 12.1 Å². The van der Waals surface area contributed by atoms with E-state index in [9.17, 15) is 19.5 Å². The fourth-order valence-corrected chi connectivity index (χ4v) is 10.2. The summed E-state index contributed by atoms with van der Waals surface area (Å²) in [5, 5.41) is 35.9. The zero-order chi connectivity index (χ0) is 59.3. The molecule has 0 aromatic heterocycles.